The van der Waals surface area contributed by atoms with Crippen molar-refractivity contribution in [2.75, 3.05) is 6.54 Å². The fourth-order valence-electron chi connectivity index (χ4n) is 8.25. The van der Waals surface area contributed by atoms with Gasteiger partial charge in [0.2, 0.25) is 5.91 Å². The van der Waals surface area contributed by atoms with Gasteiger partial charge in [-0.15, -0.1) is 0 Å². The Labute approximate surface area is 378 Å². The minimum absolute atomic E-state index is 0.0132. The summed E-state index contributed by atoms with van der Waals surface area (Å²) in [5.74, 6) is -1.22. The summed E-state index contributed by atoms with van der Waals surface area (Å²) in [4.78, 5) is 36.6. The summed E-state index contributed by atoms with van der Waals surface area (Å²) in [5.41, 5.74) is 5.50. The van der Waals surface area contributed by atoms with Gasteiger partial charge < -0.3 is 20.9 Å². The van der Waals surface area contributed by atoms with Crippen molar-refractivity contribution in [3.8, 4) is 0 Å². The molecule has 0 bridgehead atoms. The molecule has 0 aliphatic heterocycles. The largest absolute Gasteiger partial charge is 0.480 e. The number of hydrogen-bond acceptors (Lipinski definition) is 5. The number of esters is 1. The molecular weight excluding hydrogens is 757 g/mol. The molecule has 7 nitrogen and oxygen atoms in total. The van der Waals surface area contributed by atoms with E-state index in [0.29, 0.717) is 32.2 Å². The number of nitrogens with two attached hydrogens (primary N) is 1. The molecule has 0 aromatic rings. The van der Waals surface area contributed by atoms with Crippen molar-refractivity contribution in [2.45, 2.75) is 296 Å². The molecule has 61 heavy (non-hydrogen) atoms. The van der Waals surface area contributed by atoms with Crippen LogP contribution in [0.25, 0.3) is 0 Å². The number of carbonyl (C=O) groups excluding carboxylic acids is 2. The first-order chi connectivity index (χ1) is 29.9. The minimum Gasteiger partial charge on any atom is -0.480 e. The number of rotatable bonds is 49. The van der Waals surface area contributed by atoms with E-state index < -0.39 is 12.0 Å². The Morgan fingerprint density at radius 1 is 0.475 bits per heavy atom. The maximum Gasteiger partial charge on any atom is 0.326 e. The lowest BCUT2D eigenvalue weighted by molar-refractivity contribution is -0.150. The Balaban J connectivity index is 4.23. The molecule has 0 rings (SSSR count). The molecular formula is C54H102N2O5. The number of carboxylic acid groups (broad SMARTS) is 1. The van der Waals surface area contributed by atoms with Crippen LogP contribution in [0, 0.1) is 0 Å². The van der Waals surface area contributed by atoms with Gasteiger partial charge in [0.15, 0.2) is 0 Å². The maximum atomic E-state index is 12.9. The first kappa shape index (κ1) is 58.9. The van der Waals surface area contributed by atoms with Crippen molar-refractivity contribution in [3.63, 3.8) is 0 Å². The van der Waals surface area contributed by atoms with Gasteiger partial charge in [0.25, 0.3) is 0 Å². The van der Waals surface area contributed by atoms with Gasteiger partial charge in [0.1, 0.15) is 12.1 Å². The van der Waals surface area contributed by atoms with E-state index in [1.807, 2.05) is 0 Å². The van der Waals surface area contributed by atoms with Crippen LogP contribution < -0.4 is 11.1 Å². The standard InChI is InChI=1S/C54H102N2O5/c1-3-5-7-9-11-13-15-17-19-20-21-22-23-24-25-27-29-31-33-38-42-48-53(58)61-50(44-39-35-32-30-28-26-18-16-14-12-10-8-6-4-2)45-40-36-34-37-41-47-52(57)56-51(54(59)60)46-43-49-55/h15,17,20-21,50-51H,3-14,16,18-19,22-49,55H2,1-2H3,(H,56,57)(H,59,60)/b17-15-,21-20-. The van der Waals surface area contributed by atoms with Gasteiger partial charge in [0.05, 0.1) is 0 Å². The van der Waals surface area contributed by atoms with E-state index in [0.717, 1.165) is 70.6 Å². The fraction of sp³-hybridized carbons (Fsp3) is 0.870. The lowest BCUT2D eigenvalue weighted by Crippen LogP contribution is -2.40. The highest BCUT2D eigenvalue weighted by Gasteiger charge is 2.19. The topological polar surface area (TPSA) is 119 Å². The van der Waals surface area contributed by atoms with E-state index in [1.54, 1.807) is 0 Å². The number of amides is 1. The van der Waals surface area contributed by atoms with Crippen LogP contribution >= 0.6 is 0 Å². The van der Waals surface area contributed by atoms with Crippen molar-refractivity contribution >= 4 is 17.8 Å². The molecule has 0 fully saturated rings. The number of carbonyl (C=O) groups is 3. The number of ether oxygens (including phenoxy) is 1. The van der Waals surface area contributed by atoms with Gasteiger partial charge in [0, 0.05) is 12.8 Å². The Morgan fingerprint density at radius 3 is 1.26 bits per heavy atom. The van der Waals surface area contributed by atoms with Crippen LogP contribution in [-0.2, 0) is 19.1 Å². The maximum absolute atomic E-state index is 12.9. The van der Waals surface area contributed by atoms with Gasteiger partial charge in [-0.25, -0.2) is 4.79 Å². The zero-order valence-electron chi connectivity index (χ0n) is 40.5. The molecule has 2 unspecified atom stereocenters. The molecule has 0 heterocycles. The van der Waals surface area contributed by atoms with Crippen LogP contribution in [0.15, 0.2) is 24.3 Å². The van der Waals surface area contributed by atoms with Crippen LogP contribution in [-0.4, -0.2) is 41.6 Å². The summed E-state index contributed by atoms with van der Waals surface area (Å²) >= 11 is 0. The van der Waals surface area contributed by atoms with Gasteiger partial charge >= 0.3 is 11.9 Å². The van der Waals surface area contributed by atoms with E-state index in [1.165, 1.54) is 173 Å². The summed E-state index contributed by atoms with van der Waals surface area (Å²) < 4.78 is 6.10. The Morgan fingerprint density at radius 2 is 0.852 bits per heavy atom. The average Bonchev–Trinajstić information content (AvgIpc) is 3.25. The third-order valence-corrected chi connectivity index (χ3v) is 12.3. The highest BCUT2D eigenvalue weighted by atomic mass is 16.5. The number of carboxylic acids is 1. The molecule has 0 aliphatic carbocycles. The number of aliphatic carboxylic acids is 1. The third-order valence-electron chi connectivity index (χ3n) is 12.3. The van der Waals surface area contributed by atoms with Crippen LogP contribution in [0.1, 0.15) is 284 Å². The highest BCUT2D eigenvalue weighted by Crippen LogP contribution is 2.20. The van der Waals surface area contributed by atoms with E-state index in [9.17, 15) is 19.5 Å². The van der Waals surface area contributed by atoms with Gasteiger partial charge in [-0.05, 0) is 90.0 Å². The van der Waals surface area contributed by atoms with E-state index in [4.69, 9.17) is 10.5 Å². The average molecular weight is 859 g/mol. The zero-order valence-corrected chi connectivity index (χ0v) is 40.5. The summed E-state index contributed by atoms with van der Waals surface area (Å²) in [6.07, 6.45) is 58.1. The molecule has 0 radical (unpaired) electrons. The van der Waals surface area contributed by atoms with Crippen molar-refractivity contribution in [2.24, 2.45) is 5.73 Å². The second-order valence-electron chi connectivity index (χ2n) is 18.3. The second kappa shape index (κ2) is 48.9. The van der Waals surface area contributed by atoms with Gasteiger partial charge in [-0.2, -0.15) is 0 Å². The van der Waals surface area contributed by atoms with E-state index in [-0.39, 0.29) is 18.0 Å². The van der Waals surface area contributed by atoms with Crippen molar-refractivity contribution in [3.05, 3.63) is 24.3 Å². The molecule has 0 spiro atoms. The molecule has 0 saturated carbocycles. The highest BCUT2D eigenvalue weighted by molar-refractivity contribution is 5.83. The Kier molecular flexibility index (Phi) is 47.2. The Bertz CT molecular complexity index is 1010. The van der Waals surface area contributed by atoms with E-state index >= 15 is 0 Å². The van der Waals surface area contributed by atoms with Crippen LogP contribution in [0.5, 0.6) is 0 Å². The monoisotopic (exact) mass is 859 g/mol. The predicted molar refractivity (Wildman–Crippen MR) is 262 cm³/mol. The molecule has 7 heteroatoms. The van der Waals surface area contributed by atoms with Gasteiger partial charge in [-0.1, -0.05) is 212 Å². The lowest BCUT2D eigenvalue weighted by Gasteiger charge is -2.18. The fourth-order valence-corrected chi connectivity index (χ4v) is 8.25. The summed E-state index contributed by atoms with van der Waals surface area (Å²) in [6.45, 7) is 4.97. The molecule has 0 aliphatic rings. The van der Waals surface area contributed by atoms with Crippen molar-refractivity contribution < 1.29 is 24.2 Å². The first-order valence-corrected chi connectivity index (χ1v) is 26.7. The first-order valence-electron chi connectivity index (χ1n) is 26.7. The molecule has 0 aromatic heterocycles. The SMILES string of the molecule is CCCCCCC/C=C\C/C=C\CCCCCCCCCCCC(=O)OC(CCCCCCCCCCCCCCCC)CCCCCCCC(=O)NC(CCCN)C(=O)O. The smallest absolute Gasteiger partial charge is 0.326 e. The third kappa shape index (κ3) is 45.7. The van der Waals surface area contributed by atoms with Crippen LogP contribution in [0.2, 0.25) is 0 Å². The molecule has 0 saturated heterocycles. The number of unbranched alkanes of at least 4 members (excludes halogenated alkanes) is 31. The number of hydrogen-bond donors (Lipinski definition) is 3. The number of allylic oxidation sites excluding steroid dienone is 4. The molecule has 2 atom stereocenters. The van der Waals surface area contributed by atoms with E-state index in [2.05, 4.69) is 43.5 Å². The minimum atomic E-state index is -1.00. The lowest BCUT2D eigenvalue weighted by atomic mass is 10.0. The van der Waals surface area contributed by atoms with Crippen LogP contribution in [0.4, 0.5) is 0 Å². The van der Waals surface area contributed by atoms with Crippen LogP contribution in [0.3, 0.4) is 0 Å². The quantitative estimate of drug-likeness (QED) is 0.0318. The Hall–Kier alpha value is -2.15. The predicted octanol–water partition coefficient (Wildman–Crippen LogP) is 16.0. The zero-order chi connectivity index (χ0) is 44.5. The molecule has 4 N–H and O–H groups in total. The molecule has 0 aromatic carbocycles. The summed E-state index contributed by atoms with van der Waals surface area (Å²) in [7, 11) is 0. The molecule has 1 amide bonds. The second-order valence-corrected chi connectivity index (χ2v) is 18.3. The van der Waals surface area contributed by atoms with Crippen molar-refractivity contribution in [1.29, 1.82) is 0 Å². The normalized spacial score (nSPS) is 12.7. The van der Waals surface area contributed by atoms with Crippen molar-refractivity contribution in [1.82, 2.24) is 5.32 Å². The van der Waals surface area contributed by atoms with Gasteiger partial charge in [-0.3, -0.25) is 9.59 Å². The summed E-state index contributed by atoms with van der Waals surface area (Å²) in [5, 5.41) is 12.0. The number of nitrogens with one attached hydrogen (secondary N) is 1. The summed E-state index contributed by atoms with van der Waals surface area (Å²) in [6, 6.07) is -0.856. The molecule has 358 valence electrons.